The van der Waals surface area contributed by atoms with Crippen LogP contribution in [-0.4, -0.2) is 12.1 Å². The summed E-state index contributed by atoms with van der Waals surface area (Å²) in [6.45, 7) is 1.79. The Kier molecular flexibility index (Phi) is 3.64. The molecule has 2 N–H and O–H groups in total. The van der Waals surface area contributed by atoms with Gasteiger partial charge in [-0.3, -0.25) is 0 Å². The lowest BCUT2D eigenvalue weighted by Gasteiger charge is -2.41. The van der Waals surface area contributed by atoms with Crippen molar-refractivity contribution in [3.63, 3.8) is 0 Å². The molecule has 0 saturated heterocycles. The number of carboxylic acid groups (broad SMARTS) is 1. The zero-order valence-electron chi connectivity index (χ0n) is 10.8. The number of hydrogen-bond acceptors (Lipinski definition) is 3. The summed E-state index contributed by atoms with van der Waals surface area (Å²) < 4.78 is 38.1. The molecule has 2 unspecified atom stereocenters. The van der Waals surface area contributed by atoms with E-state index in [9.17, 15) is 23.1 Å². The van der Waals surface area contributed by atoms with Crippen LogP contribution in [0.1, 0.15) is 36.9 Å². The lowest BCUT2D eigenvalue weighted by atomic mass is 9.89. The van der Waals surface area contributed by atoms with E-state index in [4.69, 9.17) is 5.73 Å². The van der Waals surface area contributed by atoms with Gasteiger partial charge in [0.15, 0.2) is 0 Å². The van der Waals surface area contributed by atoms with Gasteiger partial charge in [-0.15, -0.1) is 0 Å². The predicted molar refractivity (Wildman–Crippen MR) is 64.9 cm³/mol. The van der Waals surface area contributed by atoms with Crippen molar-refractivity contribution >= 4 is 11.8 Å². The Labute approximate surface area is 114 Å². The van der Waals surface area contributed by atoms with Crippen molar-refractivity contribution in [1.29, 1.82) is 0 Å². The van der Waals surface area contributed by atoms with E-state index in [0.717, 1.165) is 23.1 Å². The first-order valence-corrected chi connectivity index (χ1v) is 6.22. The van der Waals surface area contributed by atoms with E-state index in [1.54, 1.807) is 6.92 Å². The normalized spacial score (nSPS) is 22.6. The summed E-state index contributed by atoms with van der Waals surface area (Å²) in [4.78, 5) is 12.2. The minimum atomic E-state index is -4.48. The van der Waals surface area contributed by atoms with Crippen molar-refractivity contribution < 1.29 is 23.1 Å². The second kappa shape index (κ2) is 4.97. The highest BCUT2D eigenvalue weighted by molar-refractivity contribution is 5.87. The number of anilines is 1. The Morgan fingerprint density at radius 3 is 2.65 bits per heavy atom. The number of benzene rings is 1. The Morgan fingerprint density at radius 2 is 2.15 bits per heavy atom. The van der Waals surface area contributed by atoms with Gasteiger partial charge < -0.3 is 20.5 Å². The molecule has 0 saturated carbocycles. The van der Waals surface area contributed by atoms with Crippen LogP contribution >= 0.6 is 0 Å². The lowest BCUT2D eigenvalue weighted by molar-refractivity contribution is -0.247. The fraction of sp³-hybridized carbons (Fsp3) is 0.462. The molecule has 20 heavy (non-hydrogen) atoms. The van der Waals surface area contributed by atoms with Crippen molar-refractivity contribution in [2.75, 3.05) is 4.90 Å². The van der Waals surface area contributed by atoms with E-state index in [1.165, 1.54) is 0 Å². The summed E-state index contributed by atoms with van der Waals surface area (Å²) in [6.07, 6.45) is -5.12. The number of rotatable bonds is 1. The minimum absolute atomic E-state index is 0.184. The number of carbonyl (C=O) groups excluding carboxylic acids is 1. The molecule has 110 valence electrons. The smallest absolute Gasteiger partial charge is 0.416 e. The quantitative estimate of drug-likeness (QED) is 0.859. The fourth-order valence-corrected chi connectivity index (χ4v) is 2.57. The van der Waals surface area contributed by atoms with E-state index in [2.05, 4.69) is 0 Å². The molecule has 0 radical (unpaired) electrons. The van der Waals surface area contributed by atoms with Crippen LogP contribution in [0.2, 0.25) is 0 Å². The number of fused-ring (bicyclic) bond motifs is 1. The zero-order valence-corrected chi connectivity index (χ0v) is 10.8. The summed E-state index contributed by atoms with van der Waals surface area (Å²) >= 11 is 0. The maximum Gasteiger partial charge on any atom is 0.416 e. The minimum Gasteiger partial charge on any atom is -0.530 e. The number of carbonyl (C=O) groups is 1. The molecule has 0 fully saturated rings. The van der Waals surface area contributed by atoms with Crippen LogP contribution in [0.4, 0.5) is 23.7 Å². The van der Waals surface area contributed by atoms with Gasteiger partial charge in [-0.1, -0.05) is 6.92 Å². The van der Waals surface area contributed by atoms with Crippen LogP contribution in [0.3, 0.4) is 0 Å². The van der Waals surface area contributed by atoms with Crippen molar-refractivity contribution in [1.82, 2.24) is 0 Å². The van der Waals surface area contributed by atoms with Crippen molar-refractivity contribution in [3.8, 4) is 0 Å². The van der Waals surface area contributed by atoms with Gasteiger partial charge in [-0.25, -0.2) is 0 Å². The average molecular weight is 287 g/mol. The number of amides is 1. The van der Waals surface area contributed by atoms with Crippen LogP contribution in [-0.2, 0) is 6.18 Å². The largest absolute Gasteiger partial charge is 0.530 e. The maximum atomic E-state index is 12.7. The van der Waals surface area contributed by atoms with Crippen molar-refractivity contribution in [2.24, 2.45) is 5.73 Å². The molecule has 1 aliphatic heterocycles. The molecule has 1 heterocycles. The van der Waals surface area contributed by atoms with Gasteiger partial charge in [0.2, 0.25) is 0 Å². The topological polar surface area (TPSA) is 69.4 Å². The third-order valence-corrected chi connectivity index (χ3v) is 3.57. The van der Waals surface area contributed by atoms with Gasteiger partial charge in [0.25, 0.3) is 0 Å². The first kappa shape index (κ1) is 14.6. The summed E-state index contributed by atoms with van der Waals surface area (Å²) in [5.74, 6) is 0. The number of alkyl halides is 3. The zero-order chi connectivity index (χ0) is 15.1. The highest BCUT2D eigenvalue weighted by atomic mass is 19.4. The van der Waals surface area contributed by atoms with Gasteiger partial charge >= 0.3 is 6.18 Å². The Balaban J connectivity index is 2.54. The van der Waals surface area contributed by atoms with Crippen LogP contribution in [0, 0.1) is 0 Å². The monoisotopic (exact) mass is 287 g/mol. The van der Waals surface area contributed by atoms with Gasteiger partial charge in [-0.05, 0) is 36.6 Å². The van der Waals surface area contributed by atoms with E-state index in [0.29, 0.717) is 6.42 Å². The third-order valence-electron chi connectivity index (χ3n) is 3.57. The van der Waals surface area contributed by atoms with Crippen LogP contribution in [0.25, 0.3) is 0 Å². The molecule has 7 heteroatoms. The van der Waals surface area contributed by atoms with Gasteiger partial charge in [-0.2, -0.15) is 13.2 Å². The first-order chi connectivity index (χ1) is 9.25. The van der Waals surface area contributed by atoms with Gasteiger partial charge in [0.1, 0.15) is 6.09 Å². The molecular weight excluding hydrogens is 273 g/mol. The number of nitrogens with zero attached hydrogens (tertiary/aromatic N) is 1. The van der Waals surface area contributed by atoms with E-state index in [-0.39, 0.29) is 23.7 Å². The average Bonchev–Trinajstić information content (AvgIpc) is 2.36. The maximum absolute atomic E-state index is 12.7. The summed E-state index contributed by atoms with van der Waals surface area (Å²) in [5.41, 5.74) is 5.42. The van der Waals surface area contributed by atoms with E-state index < -0.39 is 23.9 Å². The molecular formula is C13H14F3N2O2-. The van der Waals surface area contributed by atoms with E-state index in [1.807, 2.05) is 0 Å². The predicted octanol–water partition coefficient (Wildman–Crippen LogP) is 2.04. The fourth-order valence-electron chi connectivity index (χ4n) is 2.57. The first-order valence-electron chi connectivity index (χ1n) is 6.22. The molecule has 1 aliphatic rings. The van der Waals surface area contributed by atoms with Crippen LogP contribution < -0.4 is 15.7 Å². The molecule has 0 bridgehead atoms. The van der Waals surface area contributed by atoms with Crippen molar-refractivity contribution in [3.05, 3.63) is 29.3 Å². The summed E-state index contributed by atoms with van der Waals surface area (Å²) in [6, 6.07) is 1.93. The second-order valence-corrected chi connectivity index (χ2v) is 4.81. The lowest BCUT2D eigenvalue weighted by Crippen LogP contribution is -2.51. The SMILES string of the molecule is CCC1CC(N)c2cc(C(F)(F)F)ccc2N1C(=O)[O-]. The van der Waals surface area contributed by atoms with Gasteiger partial charge in [0, 0.05) is 17.8 Å². The summed E-state index contributed by atoms with van der Waals surface area (Å²) in [5, 5.41) is 11.2. The standard InChI is InChI=1S/C13H15F3N2O2/c1-2-8-6-10(17)9-5-7(13(14,15)16)3-4-11(9)18(8)12(19)20/h3-5,8,10H,2,6,17H2,1H3,(H,19,20)/p-1. The molecule has 2 atom stereocenters. The Hall–Kier alpha value is -1.76. The third kappa shape index (κ3) is 2.45. The molecule has 0 spiro atoms. The highest BCUT2D eigenvalue weighted by Gasteiger charge is 2.35. The second-order valence-electron chi connectivity index (χ2n) is 4.81. The van der Waals surface area contributed by atoms with E-state index >= 15 is 0 Å². The molecule has 2 rings (SSSR count). The molecule has 1 aromatic rings. The highest BCUT2D eigenvalue weighted by Crippen LogP contribution is 2.40. The molecule has 1 amide bonds. The molecule has 0 aromatic heterocycles. The molecule has 0 aliphatic carbocycles. The Morgan fingerprint density at radius 1 is 1.50 bits per heavy atom. The van der Waals surface area contributed by atoms with Gasteiger partial charge in [0.05, 0.1) is 5.56 Å². The van der Waals surface area contributed by atoms with Crippen LogP contribution in [0.5, 0.6) is 0 Å². The number of nitrogens with two attached hydrogens (primary N) is 1. The number of halogens is 3. The Bertz CT molecular complexity index is 531. The molecule has 1 aromatic carbocycles. The van der Waals surface area contributed by atoms with Crippen LogP contribution in [0.15, 0.2) is 18.2 Å². The molecule has 4 nitrogen and oxygen atoms in total. The van der Waals surface area contributed by atoms with Crippen molar-refractivity contribution in [2.45, 2.75) is 38.0 Å². The summed E-state index contributed by atoms with van der Waals surface area (Å²) in [7, 11) is 0. The number of hydrogen-bond donors (Lipinski definition) is 1.